The molecular weight excluding hydrogens is 250 g/mol. The van der Waals surface area contributed by atoms with Gasteiger partial charge in [-0.25, -0.2) is 0 Å². The van der Waals surface area contributed by atoms with E-state index in [2.05, 4.69) is 5.32 Å². The van der Waals surface area contributed by atoms with Gasteiger partial charge >= 0.3 is 0 Å². The summed E-state index contributed by atoms with van der Waals surface area (Å²) in [4.78, 5) is 0. The fourth-order valence-corrected chi connectivity index (χ4v) is 3.13. The molecule has 1 N–H and O–H groups in total. The quantitative estimate of drug-likeness (QED) is 0.856. The molecule has 2 aliphatic rings. The zero-order valence-corrected chi connectivity index (χ0v) is 12.1. The fourth-order valence-electron chi connectivity index (χ4n) is 3.13. The molecule has 0 amide bonds. The number of benzene rings is 1. The average Bonchev–Trinajstić information content (AvgIpc) is 2.85. The summed E-state index contributed by atoms with van der Waals surface area (Å²) in [6.07, 6.45) is 9.36. The Labute approximate surface area is 121 Å². The number of hydrogen-bond acceptors (Lipinski definition) is 3. The Balaban J connectivity index is 1.53. The Bertz CT molecular complexity index is 413. The van der Waals surface area contributed by atoms with Crippen molar-refractivity contribution < 1.29 is 9.47 Å². The molecule has 3 heteroatoms. The Morgan fingerprint density at radius 3 is 2.50 bits per heavy atom. The number of nitrogens with one attached hydrogen (secondary N) is 1. The molecule has 1 aromatic rings. The minimum atomic E-state index is 0.224. The molecule has 0 spiro atoms. The van der Waals surface area contributed by atoms with Gasteiger partial charge in [0.25, 0.3) is 0 Å². The first-order valence-corrected chi connectivity index (χ1v) is 8.04. The largest absolute Gasteiger partial charge is 0.490 e. The molecule has 20 heavy (non-hydrogen) atoms. The van der Waals surface area contributed by atoms with Crippen LogP contribution in [0.25, 0.3) is 0 Å². The zero-order chi connectivity index (χ0) is 13.6. The molecule has 1 aliphatic heterocycles. The maximum atomic E-state index is 6.09. The highest BCUT2D eigenvalue weighted by molar-refractivity contribution is 5.40. The van der Waals surface area contributed by atoms with E-state index in [1.54, 1.807) is 0 Å². The summed E-state index contributed by atoms with van der Waals surface area (Å²) in [6.45, 7) is 1.68. The van der Waals surface area contributed by atoms with Crippen molar-refractivity contribution in [3.05, 3.63) is 24.3 Å². The molecule has 0 aromatic heterocycles. The van der Waals surface area contributed by atoms with E-state index in [1.165, 1.54) is 38.5 Å². The van der Waals surface area contributed by atoms with Crippen molar-refractivity contribution in [1.82, 2.24) is 5.32 Å². The van der Waals surface area contributed by atoms with Crippen molar-refractivity contribution in [3.63, 3.8) is 0 Å². The first-order valence-electron chi connectivity index (χ1n) is 8.04. The van der Waals surface area contributed by atoms with Crippen molar-refractivity contribution in [3.8, 4) is 11.5 Å². The number of fused-ring (bicyclic) bond motifs is 1. The molecule has 110 valence electrons. The average molecular weight is 275 g/mol. The van der Waals surface area contributed by atoms with Gasteiger partial charge in [-0.05, 0) is 25.0 Å². The molecule has 1 atom stereocenters. The van der Waals surface area contributed by atoms with Crippen LogP contribution >= 0.6 is 0 Å². The van der Waals surface area contributed by atoms with E-state index < -0.39 is 0 Å². The lowest BCUT2D eigenvalue weighted by Gasteiger charge is -2.21. The third-order valence-corrected chi connectivity index (χ3v) is 4.33. The predicted molar refractivity (Wildman–Crippen MR) is 80.5 cm³/mol. The van der Waals surface area contributed by atoms with E-state index in [4.69, 9.17) is 9.47 Å². The van der Waals surface area contributed by atoms with Crippen LogP contribution in [-0.2, 0) is 0 Å². The zero-order valence-electron chi connectivity index (χ0n) is 12.1. The molecule has 0 saturated heterocycles. The molecular formula is C17H25NO2. The van der Waals surface area contributed by atoms with Crippen LogP contribution in [-0.4, -0.2) is 25.3 Å². The normalized spacial score (nSPS) is 23.9. The summed E-state index contributed by atoms with van der Waals surface area (Å²) in [5.41, 5.74) is 0. The van der Waals surface area contributed by atoms with Gasteiger partial charge in [0.05, 0.1) is 6.61 Å². The van der Waals surface area contributed by atoms with Gasteiger partial charge < -0.3 is 14.8 Å². The van der Waals surface area contributed by atoms with E-state index >= 15 is 0 Å². The molecule has 3 nitrogen and oxygen atoms in total. The molecule has 1 saturated carbocycles. The van der Waals surface area contributed by atoms with Crippen molar-refractivity contribution in [2.75, 3.05) is 13.2 Å². The maximum Gasteiger partial charge on any atom is 0.161 e. The molecule has 0 bridgehead atoms. The smallest absolute Gasteiger partial charge is 0.161 e. The maximum absolute atomic E-state index is 6.09. The molecule has 1 heterocycles. The molecule has 1 fully saturated rings. The van der Waals surface area contributed by atoms with Crippen LogP contribution in [0.4, 0.5) is 0 Å². The van der Waals surface area contributed by atoms with Crippen LogP contribution in [0.1, 0.15) is 44.9 Å². The molecule has 1 aromatic carbocycles. The summed E-state index contributed by atoms with van der Waals surface area (Å²) in [5.74, 6) is 1.77. The first kappa shape index (κ1) is 13.7. The Kier molecular flexibility index (Phi) is 4.80. The predicted octanol–water partition coefficient (Wildman–Crippen LogP) is 3.53. The second-order valence-electron chi connectivity index (χ2n) is 5.92. The van der Waals surface area contributed by atoms with E-state index in [0.717, 1.165) is 31.1 Å². The molecule has 1 aliphatic carbocycles. The monoisotopic (exact) mass is 275 g/mol. The van der Waals surface area contributed by atoms with E-state index in [-0.39, 0.29) is 6.10 Å². The van der Waals surface area contributed by atoms with Gasteiger partial charge in [0.2, 0.25) is 0 Å². The lowest BCUT2D eigenvalue weighted by Crippen LogP contribution is -2.38. The van der Waals surface area contributed by atoms with Gasteiger partial charge in [-0.3, -0.25) is 0 Å². The molecule has 3 rings (SSSR count). The number of para-hydroxylation sites is 2. The van der Waals surface area contributed by atoms with Crippen LogP contribution in [0.5, 0.6) is 11.5 Å². The fraction of sp³-hybridized carbons (Fsp3) is 0.647. The SMILES string of the molecule is c1ccc2c(c1)OCCC(CNC1CCCCCC1)O2. The summed E-state index contributed by atoms with van der Waals surface area (Å²) < 4.78 is 11.8. The number of rotatable bonds is 3. The summed E-state index contributed by atoms with van der Waals surface area (Å²) in [6, 6.07) is 8.66. The van der Waals surface area contributed by atoms with Gasteiger partial charge in [-0.1, -0.05) is 37.8 Å². The van der Waals surface area contributed by atoms with Crippen LogP contribution in [0.15, 0.2) is 24.3 Å². The third kappa shape index (κ3) is 3.66. The van der Waals surface area contributed by atoms with Gasteiger partial charge in [0.1, 0.15) is 6.10 Å². The van der Waals surface area contributed by atoms with Crippen molar-refractivity contribution >= 4 is 0 Å². The highest BCUT2D eigenvalue weighted by Crippen LogP contribution is 2.30. The standard InChI is InChI=1S/C17H25NO2/c1-2-4-8-14(7-3-1)18-13-15-11-12-19-16-9-5-6-10-17(16)20-15/h5-6,9-10,14-15,18H,1-4,7-8,11-13H2. The van der Waals surface area contributed by atoms with Gasteiger partial charge in [0, 0.05) is 19.0 Å². The number of hydrogen-bond donors (Lipinski definition) is 1. The lowest BCUT2D eigenvalue weighted by molar-refractivity contribution is 0.181. The summed E-state index contributed by atoms with van der Waals surface area (Å²) in [7, 11) is 0. The van der Waals surface area contributed by atoms with Crippen molar-refractivity contribution in [2.24, 2.45) is 0 Å². The van der Waals surface area contributed by atoms with Crippen LogP contribution in [0.2, 0.25) is 0 Å². The second kappa shape index (κ2) is 6.98. The van der Waals surface area contributed by atoms with Gasteiger partial charge in [0.15, 0.2) is 11.5 Å². The molecule has 0 radical (unpaired) electrons. The minimum Gasteiger partial charge on any atom is -0.490 e. The van der Waals surface area contributed by atoms with E-state index in [1.807, 2.05) is 24.3 Å². The van der Waals surface area contributed by atoms with E-state index in [9.17, 15) is 0 Å². The Morgan fingerprint density at radius 2 is 1.70 bits per heavy atom. The molecule has 1 unspecified atom stereocenters. The van der Waals surface area contributed by atoms with Gasteiger partial charge in [-0.2, -0.15) is 0 Å². The Hall–Kier alpha value is -1.22. The topological polar surface area (TPSA) is 30.5 Å². The van der Waals surface area contributed by atoms with Crippen molar-refractivity contribution in [1.29, 1.82) is 0 Å². The van der Waals surface area contributed by atoms with Crippen molar-refractivity contribution in [2.45, 2.75) is 57.1 Å². The minimum absolute atomic E-state index is 0.224. The van der Waals surface area contributed by atoms with Gasteiger partial charge in [-0.15, -0.1) is 0 Å². The second-order valence-corrected chi connectivity index (χ2v) is 5.92. The van der Waals surface area contributed by atoms with Crippen LogP contribution < -0.4 is 14.8 Å². The number of ether oxygens (including phenoxy) is 2. The highest BCUT2D eigenvalue weighted by Gasteiger charge is 2.20. The van der Waals surface area contributed by atoms with E-state index in [0.29, 0.717) is 6.04 Å². The Morgan fingerprint density at radius 1 is 0.950 bits per heavy atom. The third-order valence-electron chi connectivity index (χ3n) is 4.33. The van der Waals surface area contributed by atoms with Crippen LogP contribution in [0, 0.1) is 0 Å². The first-order chi connectivity index (χ1) is 9.92. The lowest BCUT2D eigenvalue weighted by atomic mass is 10.1. The highest BCUT2D eigenvalue weighted by atomic mass is 16.5. The summed E-state index contributed by atoms with van der Waals surface area (Å²) in [5, 5.41) is 3.71. The van der Waals surface area contributed by atoms with Crippen LogP contribution in [0.3, 0.4) is 0 Å². The summed E-state index contributed by atoms with van der Waals surface area (Å²) >= 11 is 0.